The molecule has 0 spiro atoms. The number of pyridine rings is 1. The van der Waals surface area contributed by atoms with E-state index in [2.05, 4.69) is 34.0 Å². The fourth-order valence-electron chi connectivity index (χ4n) is 6.96. The second-order valence-electron chi connectivity index (χ2n) is 11.4. The lowest BCUT2D eigenvalue weighted by atomic mass is 9.93. The van der Waals surface area contributed by atoms with Crippen LogP contribution in [-0.4, -0.2) is 78.3 Å². The molecule has 1 N–H and O–H groups in total. The minimum atomic E-state index is -4.82. The maximum Gasteiger partial charge on any atom is 0.420 e. The molecule has 0 amide bonds. The van der Waals surface area contributed by atoms with Crippen molar-refractivity contribution in [1.82, 2.24) is 25.2 Å². The van der Waals surface area contributed by atoms with Gasteiger partial charge >= 0.3 is 6.18 Å². The van der Waals surface area contributed by atoms with Gasteiger partial charge in [-0.1, -0.05) is 32.0 Å². The van der Waals surface area contributed by atoms with Crippen LogP contribution in [0.5, 0.6) is 0 Å². The van der Waals surface area contributed by atoms with Gasteiger partial charge in [0, 0.05) is 68.6 Å². The third kappa shape index (κ3) is 4.16. The predicted octanol–water partition coefficient (Wildman–Crippen LogP) is 4.86. The molecule has 12 heteroatoms. The highest BCUT2D eigenvalue weighted by Crippen LogP contribution is 2.68. The highest BCUT2D eigenvalue weighted by atomic mass is 19.4. The second-order valence-corrected chi connectivity index (χ2v) is 11.4. The van der Waals surface area contributed by atoms with Gasteiger partial charge in [0.25, 0.3) is 5.92 Å². The van der Waals surface area contributed by atoms with Gasteiger partial charge in [-0.05, 0) is 31.0 Å². The standard InChI is InChI=1S/C29H32F5N7/c1-3-39(4-2)16-14-41(15-16)27-37-25-19(26(38-27)40-10-8-35-9-11-40)13-36-24(23(25)29(32,33)34)17-6-5-7-20-22(17)18-12-21(18)28(20,30)31/h5-7,13,16,18,21,35H,3-4,8-12,14-15H2,1-2H3. The number of nitrogens with one attached hydrogen (secondary N) is 1. The summed E-state index contributed by atoms with van der Waals surface area (Å²) in [7, 11) is 0. The summed E-state index contributed by atoms with van der Waals surface area (Å²) in [5.41, 5.74) is -1.33. The molecule has 2 aromatic heterocycles. The van der Waals surface area contributed by atoms with Crippen molar-refractivity contribution in [2.24, 2.45) is 5.92 Å². The maximum atomic E-state index is 15.0. The van der Waals surface area contributed by atoms with E-state index in [-0.39, 0.29) is 46.1 Å². The first-order chi connectivity index (χ1) is 19.6. The Labute approximate surface area is 234 Å². The zero-order valence-electron chi connectivity index (χ0n) is 23.0. The zero-order chi connectivity index (χ0) is 28.7. The smallest absolute Gasteiger partial charge is 0.353 e. The lowest BCUT2D eigenvalue weighted by molar-refractivity contribution is -0.136. The van der Waals surface area contributed by atoms with E-state index in [1.54, 1.807) is 0 Å². The number of fused-ring (bicyclic) bond motifs is 4. The molecule has 2 atom stereocenters. The number of piperazine rings is 1. The predicted molar refractivity (Wildman–Crippen MR) is 147 cm³/mol. The molecule has 0 radical (unpaired) electrons. The number of halogens is 5. The molecule has 1 aromatic carbocycles. The SMILES string of the molecule is CCN(CC)C1CN(c2nc(N3CCNCC3)c3cnc(-c4cccc5c4C4CC4C5(F)F)c(C(F)(F)F)c3n2)C1. The summed E-state index contributed by atoms with van der Waals surface area (Å²) in [6, 6.07) is 4.51. The van der Waals surface area contributed by atoms with Gasteiger partial charge in [0.05, 0.1) is 16.6 Å². The van der Waals surface area contributed by atoms with Crippen LogP contribution >= 0.6 is 0 Å². The number of anilines is 2. The van der Waals surface area contributed by atoms with Crippen molar-refractivity contribution in [2.75, 3.05) is 62.2 Å². The third-order valence-corrected chi connectivity index (χ3v) is 9.23. The first kappa shape index (κ1) is 26.8. The van der Waals surface area contributed by atoms with Crippen LogP contribution in [0.25, 0.3) is 22.2 Å². The molecular formula is C29H32F5N7. The molecule has 218 valence electrons. The molecular weight excluding hydrogens is 541 g/mol. The van der Waals surface area contributed by atoms with E-state index in [9.17, 15) is 8.78 Å². The lowest BCUT2D eigenvalue weighted by Gasteiger charge is -2.45. The number of nitrogens with zero attached hydrogens (tertiary/aromatic N) is 6. The van der Waals surface area contributed by atoms with Crippen LogP contribution in [0, 0.1) is 5.92 Å². The first-order valence-electron chi connectivity index (χ1n) is 14.4. The van der Waals surface area contributed by atoms with E-state index < -0.39 is 29.5 Å². The van der Waals surface area contributed by atoms with Gasteiger partial charge in [-0.15, -0.1) is 0 Å². The monoisotopic (exact) mass is 573 g/mol. The largest absolute Gasteiger partial charge is 0.420 e. The summed E-state index contributed by atoms with van der Waals surface area (Å²) >= 11 is 0. The van der Waals surface area contributed by atoms with Gasteiger partial charge in [-0.3, -0.25) is 9.88 Å². The Morgan fingerprint density at radius 1 is 1.05 bits per heavy atom. The minimum absolute atomic E-state index is 0.121. The van der Waals surface area contributed by atoms with Crippen LogP contribution in [0.15, 0.2) is 24.4 Å². The molecule has 3 aromatic rings. The number of rotatable bonds is 6. The van der Waals surface area contributed by atoms with Crippen LogP contribution in [0.2, 0.25) is 0 Å². The van der Waals surface area contributed by atoms with E-state index in [1.165, 1.54) is 24.4 Å². The van der Waals surface area contributed by atoms with Crippen LogP contribution in [-0.2, 0) is 12.1 Å². The molecule has 7 nitrogen and oxygen atoms in total. The van der Waals surface area contributed by atoms with Crippen LogP contribution < -0.4 is 15.1 Å². The molecule has 2 aliphatic heterocycles. The zero-order valence-corrected chi connectivity index (χ0v) is 23.0. The summed E-state index contributed by atoms with van der Waals surface area (Å²) in [6.07, 6.45) is -3.15. The van der Waals surface area contributed by atoms with Gasteiger partial charge in [0.2, 0.25) is 5.95 Å². The van der Waals surface area contributed by atoms with Crippen LogP contribution in [0.4, 0.5) is 33.7 Å². The van der Waals surface area contributed by atoms with Crippen LogP contribution in [0.3, 0.4) is 0 Å². The molecule has 0 bridgehead atoms. The van der Waals surface area contributed by atoms with Gasteiger partial charge in [0.1, 0.15) is 11.4 Å². The fourth-order valence-corrected chi connectivity index (χ4v) is 6.96. The minimum Gasteiger partial charge on any atom is -0.353 e. The summed E-state index contributed by atoms with van der Waals surface area (Å²) in [5, 5.41) is 3.49. The maximum absolute atomic E-state index is 15.0. The summed E-state index contributed by atoms with van der Waals surface area (Å²) in [5.74, 6) is -3.68. The van der Waals surface area contributed by atoms with Crippen LogP contribution in [0.1, 0.15) is 42.9 Å². The number of alkyl halides is 5. The number of likely N-dealkylation sites (N-methyl/N-ethyl adjacent to an activating group) is 1. The summed E-state index contributed by atoms with van der Waals surface area (Å²) in [6.45, 7) is 9.72. The number of benzene rings is 1. The molecule has 2 saturated heterocycles. The van der Waals surface area contributed by atoms with Crippen molar-refractivity contribution in [3.63, 3.8) is 0 Å². The average molecular weight is 574 g/mol. The van der Waals surface area contributed by atoms with Gasteiger partial charge in [0.15, 0.2) is 0 Å². The van der Waals surface area contributed by atoms with E-state index in [4.69, 9.17) is 4.98 Å². The molecule has 7 rings (SSSR count). The Hall–Kier alpha value is -3.12. The van der Waals surface area contributed by atoms with Crippen molar-refractivity contribution in [2.45, 2.75) is 44.3 Å². The molecule has 4 heterocycles. The normalized spacial score (nSPS) is 23.6. The topological polar surface area (TPSA) is 60.4 Å². The first-order valence-corrected chi connectivity index (χ1v) is 14.4. The van der Waals surface area contributed by atoms with E-state index >= 15 is 13.2 Å². The molecule has 3 fully saturated rings. The molecule has 4 aliphatic rings. The highest BCUT2D eigenvalue weighted by Gasteiger charge is 2.64. The highest BCUT2D eigenvalue weighted by molar-refractivity contribution is 5.96. The van der Waals surface area contributed by atoms with Gasteiger partial charge < -0.3 is 15.1 Å². The Kier molecular flexibility index (Phi) is 6.17. The lowest BCUT2D eigenvalue weighted by Crippen LogP contribution is -2.60. The van der Waals surface area contributed by atoms with Crippen molar-refractivity contribution < 1.29 is 22.0 Å². The van der Waals surface area contributed by atoms with Crippen molar-refractivity contribution in [3.8, 4) is 11.3 Å². The third-order valence-electron chi connectivity index (χ3n) is 9.23. The molecule has 2 aliphatic carbocycles. The quantitative estimate of drug-likeness (QED) is 0.423. The Bertz CT molecular complexity index is 1490. The number of hydrogen-bond donors (Lipinski definition) is 1. The Morgan fingerprint density at radius 2 is 1.78 bits per heavy atom. The van der Waals surface area contributed by atoms with E-state index in [0.717, 1.165) is 13.1 Å². The second kappa shape index (κ2) is 9.45. The van der Waals surface area contributed by atoms with E-state index in [1.807, 2.05) is 9.80 Å². The number of hydrogen-bond acceptors (Lipinski definition) is 7. The van der Waals surface area contributed by atoms with Gasteiger partial charge in [-0.2, -0.15) is 18.2 Å². The summed E-state index contributed by atoms with van der Waals surface area (Å²) in [4.78, 5) is 19.9. The van der Waals surface area contributed by atoms with E-state index in [0.29, 0.717) is 50.6 Å². The van der Waals surface area contributed by atoms with Crippen molar-refractivity contribution in [1.29, 1.82) is 0 Å². The Balaban J connectivity index is 1.41. The summed E-state index contributed by atoms with van der Waals surface area (Å²) < 4.78 is 75.1. The van der Waals surface area contributed by atoms with Crippen molar-refractivity contribution >= 4 is 22.7 Å². The fraction of sp³-hybridized carbons (Fsp3) is 0.552. The number of aromatic nitrogens is 3. The molecule has 1 saturated carbocycles. The molecule has 41 heavy (non-hydrogen) atoms. The Morgan fingerprint density at radius 3 is 2.46 bits per heavy atom. The molecule has 2 unspecified atom stereocenters. The van der Waals surface area contributed by atoms with Crippen molar-refractivity contribution in [3.05, 3.63) is 41.1 Å². The van der Waals surface area contributed by atoms with Gasteiger partial charge in [-0.25, -0.2) is 13.8 Å². The average Bonchev–Trinajstić information content (AvgIpc) is 3.71.